The first-order chi connectivity index (χ1) is 6.73. The summed E-state index contributed by atoms with van der Waals surface area (Å²) in [6.45, 7) is 0. The van der Waals surface area contributed by atoms with Crippen LogP contribution in [-0.2, 0) is 15.0 Å². The Morgan fingerprint density at radius 3 is 1.47 bits per heavy atom. The van der Waals surface area contributed by atoms with E-state index in [1.165, 1.54) is 0 Å². The zero-order chi connectivity index (χ0) is 12.3. The van der Waals surface area contributed by atoms with Crippen molar-refractivity contribution >= 4 is 18.7 Å². The molecule has 4 N–H and O–H groups in total. The molecule has 0 saturated carbocycles. The van der Waals surface area contributed by atoms with Crippen molar-refractivity contribution in [2.24, 2.45) is 0 Å². The zero-order valence-electron chi connectivity index (χ0n) is 7.22. The normalized spacial score (nSPS) is 8.80. The van der Waals surface area contributed by atoms with Gasteiger partial charge in [0.15, 0.2) is 12.4 Å². The second-order valence-corrected chi connectivity index (χ2v) is 3.12. The van der Waals surface area contributed by atoms with Crippen LogP contribution in [0.1, 0.15) is 0 Å². The van der Waals surface area contributed by atoms with Crippen molar-refractivity contribution in [1.29, 1.82) is 0 Å². The molecule has 1 heterocycles. The predicted octanol–water partition coefficient (Wildman–Crippen LogP) is -0.866. The lowest BCUT2D eigenvalue weighted by Gasteiger charge is -1.88. The Hall–Kier alpha value is -0.960. The van der Waals surface area contributed by atoms with Crippen molar-refractivity contribution in [1.82, 2.24) is 0 Å². The highest BCUT2D eigenvalue weighted by atomic mass is 32.3. The molecule has 0 unspecified atom stereocenters. The summed E-state index contributed by atoms with van der Waals surface area (Å²) < 4.78 is 41.5. The van der Waals surface area contributed by atoms with Crippen LogP contribution in [0.3, 0.4) is 0 Å². The number of pyridine rings is 1. The second kappa shape index (κ2) is 9.59. The number of hydrogen-bond donors (Lipinski definition) is 3. The molecule has 0 bridgehead atoms. The van der Waals surface area contributed by atoms with Crippen molar-refractivity contribution in [3.05, 3.63) is 30.6 Å². The van der Waals surface area contributed by atoms with Gasteiger partial charge in [-0.25, -0.2) is 13.4 Å². The maximum Gasteiger partial charge on any atom is 0.692 e. The number of aromatic nitrogens is 1. The van der Waals surface area contributed by atoms with Crippen LogP contribution in [0.25, 0.3) is 0 Å². The van der Waals surface area contributed by atoms with Crippen LogP contribution in [0, 0.1) is 0 Å². The van der Waals surface area contributed by atoms with E-state index in [4.69, 9.17) is 31.9 Å². The van der Waals surface area contributed by atoms with Crippen LogP contribution in [0.5, 0.6) is 0 Å². The van der Waals surface area contributed by atoms with Gasteiger partial charge in [-0.3, -0.25) is 4.55 Å². The van der Waals surface area contributed by atoms with Crippen LogP contribution in [0.15, 0.2) is 30.6 Å². The lowest BCUT2D eigenvalue weighted by Crippen LogP contribution is -1.93. The molecule has 0 atom stereocenters. The van der Waals surface area contributed by atoms with Gasteiger partial charge >= 0.3 is 8.25 Å². The number of hydrogen-bond acceptors (Lipinski definition) is 4. The number of rotatable bonds is 0. The second-order valence-electron chi connectivity index (χ2n) is 1.76. The molecular formula is C5H9NO7PS+. The van der Waals surface area contributed by atoms with E-state index >= 15 is 0 Å². The van der Waals surface area contributed by atoms with E-state index in [-0.39, 0.29) is 0 Å². The van der Waals surface area contributed by atoms with Gasteiger partial charge in [0, 0.05) is 16.7 Å². The van der Waals surface area contributed by atoms with Gasteiger partial charge < -0.3 is 4.55 Å². The van der Waals surface area contributed by atoms with Gasteiger partial charge in [0.2, 0.25) is 10.4 Å². The summed E-state index contributed by atoms with van der Waals surface area (Å²) in [6.07, 6.45) is 3.75. The molecule has 0 radical (unpaired) electrons. The Bertz CT molecular complexity index is 314. The van der Waals surface area contributed by atoms with E-state index in [2.05, 4.69) is 4.98 Å². The standard InChI is InChI=1S/C5H5N.H2O4S.HO3P/c1-2-4-6-5-3-1;1-5(2,3)4;1-4(2)3/h1-5H;(H2,1,2,3,4);(H-,1,2,3)/p+1. The molecule has 0 saturated heterocycles. The summed E-state index contributed by atoms with van der Waals surface area (Å²) in [4.78, 5) is 17.1. The predicted molar refractivity (Wildman–Crippen MR) is 47.4 cm³/mol. The van der Waals surface area contributed by atoms with Crippen LogP contribution >= 0.6 is 8.25 Å². The molecule has 0 aliphatic heterocycles. The van der Waals surface area contributed by atoms with Gasteiger partial charge in [-0.15, -0.1) is 9.79 Å². The minimum Gasteiger partial charge on any atom is -0.726 e. The molecule has 0 fully saturated rings. The maximum atomic E-state index is 8.70. The fraction of sp³-hybridized carbons (Fsp3) is 0. The van der Waals surface area contributed by atoms with Crippen molar-refractivity contribution in [2.45, 2.75) is 0 Å². The summed E-state index contributed by atoms with van der Waals surface area (Å²) in [6, 6.07) is 5.86. The third kappa shape index (κ3) is 62.6. The maximum absolute atomic E-state index is 8.70. The topological polar surface area (TPSA) is 149 Å². The third-order valence-electron chi connectivity index (χ3n) is 0.607. The number of nitrogens with one attached hydrogen (secondary N) is 1. The summed E-state index contributed by atoms with van der Waals surface area (Å²) in [7, 11) is -7.79. The fourth-order valence-electron chi connectivity index (χ4n) is 0.342. The van der Waals surface area contributed by atoms with Gasteiger partial charge in [-0.05, 0) is 0 Å². The molecule has 0 amide bonds. The third-order valence-corrected chi connectivity index (χ3v) is 0.607. The van der Waals surface area contributed by atoms with Gasteiger partial charge in [-0.2, -0.15) is 0 Å². The van der Waals surface area contributed by atoms with Crippen molar-refractivity contribution in [3.8, 4) is 0 Å². The zero-order valence-corrected chi connectivity index (χ0v) is 8.93. The quantitative estimate of drug-likeness (QED) is 0.311. The molecule has 1 aromatic rings. The molecule has 0 aliphatic rings. The average Bonchev–Trinajstić information content (AvgIpc) is 2.03. The summed E-state index contributed by atoms with van der Waals surface area (Å²) in [5.41, 5.74) is 0. The highest BCUT2D eigenvalue weighted by Gasteiger charge is 1.93. The average molecular weight is 258 g/mol. The van der Waals surface area contributed by atoms with E-state index < -0.39 is 18.7 Å². The first-order valence-corrected chi connectivity index (χ1v) is 5.71. The first kappa shape index (κ1) is 16.5. The minimum absolute atomic E-state index is 1.88. The van der Waals surface area contributed by atoms with Crippen LogP contribution in [0.4, 0.5) is 0 Å². The molecule has 1 rings (SSSR count). The first-order valence-electron chi connectivity index (χ1n) is 3.18. The van der Waals surface area contributed by atoms with E-state index in [0.717, 1.165) is 0 Å². The molecule has 86 valence electrons. The highest BCUT2D eigenvalue weighted by Crippen LogP contribution is 1.98. The molecule has 15 heavy (non-hydrogen) atoms. The van der Waals surface area contributed by atoms with Crippen molar-refractivity contribution in [2.75, 3.05) is 0 Å². The number of aromatic amines is 1. The van der Waals surface area contributed by atoms with E-state index in [1.54, 1.807) is 0 Å². The van der Waals surface area contributed by atoms with E-state index in [0.29, 0.717) is 0 Å². The van der Waals surface area contributed by atoms with Gasteiger partial charge in [-0.1, -0.05) is 6.07 Å². The monoisotopic (exact) mass is 258 g/mol. The van der Waals surface area contributed by atoms with Gasteiger partial charge in [0.25, 0.3) is 0 Å². The fourth-order valence-corrected chi connectivity index (χ4v) is 0.342. The highest BCUT2D eigenvalue weighted by molar-refractivity contribution is 7.79. The minimum atomic E-state index is -4.92. The Morgan fingerprint density at radius 2 is 1.40 bits per heavy atom. The molecular weight excluding hydrogens is 249 g/mol. The molecule has 0 spiro atoms. The van der Waals surface area contributed by atoms with Crippen LogP contribution in [-0.4, -0.2) is 27.3 Å². The molecule has 0 aliphatic carbocycles. The summed E-state index contributed by atoms with van der Waals surface area (Å²) in [5, 5.41) is 0. The smallest absolute Gasteiger partial charge is 0.692 e. The Labute approximate surface area is 86.8 Å². The Kier molecular flexibility index (Phi) is 10.5. The van der Waals surface area contributed by atoms with E-state index in [9.17, 15) is 0 Å². The van der Waals surface area contributed by atoms with E-state index in [1.807, 2.05) is 30.6 Å². The largest absolute Gasteiger partial charge is 0.726 e. The Balaban J connectivity index is 0. The molecule has 8 nitrogen and oxygen atoms in total. The lowest BCUT2D eigenvalue weighted by atomic mass is 10.5. The molecule has 1 aromatic heterocycles. The van der Waals surface area contributed by atoms with Crippen molar-refractivity contribution in [3.63, 3.8) is 0 Å². The summed E-state index contributed by atoms with van der Waals surface area (Å²) >= 11 is 0. The Morgan fingerprint density at radius 1 is 1.13 bits per heavy atom. The lowest BCUT2D eigenvalue weighted by molar-refractivity contribution is -0.377. The van der Waals surface area contributed by atoms with Gasteiger partial charge in [0.05, 0.1) is 0 Å². The number of H-pyrrole nitrogens is 1. The van der Waals surface area contributed by atoms with Crippen molar-refractivity contribution < 1.29 is 36.9 Å². The SMILES string of the molecule is O=S(=O)([O-])O.O=[P+](O)O.c1cc[nH+]cc1. The van der Waals surface area contributed by atoms with Crippen LogP contribution < -0.4 is 4.98 Å². The molecule has 0 aromatic carbocycles. The molecule has 10 heteroatoms. The van der Waals surface area contributed by atoms with Crippen LogP contribution in [0.2, 0.25) is 0 Å². The summed E-state index contributed by atoms with van der Waals surface area (Å²) in [5.74, 6) is 0. The van der Waals surface area contributed by atoms with Gasteiger partial charge in [0.1, 0.15) is 0 Å².